The van der Waals surface area contributed by atoms with Crippen LogP contribution in [0.2, 0.25) is 0 Å². The number of aliphatic carboxylic acids is 1. The van der Waals surface area contributed by atoms with Gasteiger partial charge in [0.25, 0.3) is 0 Å². The average Bonchev–Trinajstić information content (AvgIpc) is 2.62. The molecule has 1 aromatic heterocycles. The molecule has 0 unspecified atom stereocenters. The third kappa shape index (κ3) is 4.94. The van der Waals surface area contributed by atoms with Gasteiger partial charge in [-0.1, -0.05) is 23.1 Å². The number of carboxylic acids is 1. The van der Waals surface area contributed by atoms with Crippen LogP contribution in [0.4, 0.5) is 5.13 Å². The summed E-state index contributed by atoms with van der Waals surface area (Å²) >= 11 is 2.34. The highest BCUT2D eigenvalue weighted by Gasteiger charge is 2.06. The Morgan fingerprint density at radius 2 is 2.25 bits per heavy atom. The van der Waals surface area contributed by atoms with Crippen molar-refractivity contribution in [3.8, 4) is 0 Å². The lowest BCUT2D eigenvalue weighted by Gasteiger charge is -1.97. The van der Waals surface area contributed by atoms with E-state index in [1.807, 2.05) is 0 Å². The quantitative estimate of drug-likeness (QED) is 0.592. The number of carbonyl (C=O) groups is 2. The van der Waals surface area contributed by atoms with Gasteiger partial charge in [0.15, 0.2) is 4.34 Å². The molecule has 0 spiro atoms. The van der Waals surface area contributed by atoms with Crippen molar-refractivity contribution >= 4 is 40.1 Å². The van der Waals surface area contributed by atoms with Crippen molar-refractivity contribution in [2.24, 2.45) is 5.73 Å². The summed E-state index contributed by atoms with van der Waals surface area (Å²) in [4.78, 5) is 20.7. The fourth-order valence-corrected chi connectivity index (χ4v) is 2.25. The first kappa shape index (κ1) is 12.7. The first-order chi connectivity index (χ1) is 7.58. The molecule has 16 heavy (non-hydrogen) atoms. The lowest BCUT2D eigenvalue weighted by atomic mass is 10.4. The average molecular weight is 262 g/mol. The maximum absolute atomic E-state index is 10.5. The molecule has 0 atom stereocenters. The summed E-state index contributed by atoms with van der Waals surface area (Å²) in [5, 5.41) is 19.4. The summed E-state index contributed by atoms with van der Waals surface area (Å²) in [7, 11) is 0. The topological polar surface area (TPSA) is 118 Å². The number of carboxylic acid groups (broad SMARTS) is 1. The zero-order valence-corrected chi connectivity index (χ0v) is 9.81. The Hall–Kier alpha value is -1.35. The first-order valence-corrected chi connectivity index (χ1v) is 6.08. The van der Waals surface area contributed by atoms with Crippen molar-refractivity contribution in [3.63, 3.8) is 0 Å². The highest BCUT2D eigenvalue weighted by atomic mass is 32.2. The normalized spacial score (nSPS) is 10.0. The minimum Gasteiger partial charge on any atom is -0.481 e. The standard InChI is InChI=1S/C7H10N4O3S2/c8-4(12)1-2-9-6-10-11-7(16-6)15-3-5(13)14/h1-3H2,(H2,8,12)(H,9,10)(H,13,14). The summed E-state index contributed by atoms with van der Waals surface area (Å²) in [5.41, 5.74) is 4.96. The predicted octanol–water partition coefficient (Wildman–Crippen LogP) is 0.00210. The Kier molecular flexibility index (Phi) is 4.99. The molecule has 0 aliphatic carbocycles. The molecule has 4 N–H and O–H groups in total. The van der Waals surface area contributed by atoms with Gasteiger partial charge in [-0.05, 0) is 0 Å². The van der Waals surface area contributed by atoms with Crippen LogP contribution in [-0.4, -0.2) is 39.5 Å². The van der Waals surface area contributed by atoms with Crippen LogP contribution >= 0.6 is 23.1 Å². The molecule has 1 aromatic rings. The Bertz CT molecular complexity index is 381. The van der Waals surface area contributed by atoms with Gasteiger partial charge in [-0.15, -0.1) is 10.2 Å². The molecule has 88 valence electrons. The Labute approximate surface area is 99.4 Å². The van der Waals surface area contributed by atoms with Crippen LogP contribution in [0, 0.1) is 0 Å². The number of hydrogen-bond acceptors (Lipinski definition) is 7. The molecule has 0 fully saturated rings. The van der Waals surface area contributed by atoms with Gasteiger partial charge in [0.1, 0.15) is 0 Å². The number of carbonyl (C=O) groups excluding carboxylic acids is 1. The molecule has 0 radical (unpaired) electrons. The van der Waals surface area contributed by atoms with Crippen molar-refractivity contribution in [2.75, 3.05) is 17.6 Å². The molecule has 0 aliphatic rings. The van der Waals surface area contributed by atoms with E-state index in [9.17, 15) is 9.59 Å². The maximum Gasteiger partial charge on any atom is 0.313 e. The molecule has 1 rings (SSSR count). The van der Waals surface area contributed by atoms with Crippen molar-refractivity contribution in [1.29, 1.82) is 0 Å². The van der Waals surface area contributed by atoms with Crippen LogP contribution in [0.3, 0.4) is 0 Å². The summed E-state index contributed by atoms with van der Waals surface area (Å²) in [6, 6.07) is 0. The van der Waals surface area contributed by atoms with E-state index in [-0.39, 0.29) is 12.2 Å². The minimum atomic E-state index is -0.900. The SMILES string of the molecule is NC(=O)CCNc1nnc(SCC(=O)O)s1. The number of aromatic nitrogens is 2. The smallest absolute Gasteiger partial charge is 0.313 e. The molecule has 0 aliphatic heterocycles. The fraction of sp³-hybridized carbons (Fsp3) is 0.429. The molecule has 9 heteroatoms. The third-order valence-electron chi connectivity index (χ3n) is 1.37. The second-order valence-corrected chi connectivity index (χ2v) is 4.90. The van der Waals surface area contributed by atoms with Crippen LogP contribution in [0.5, 0.6) is 0 Å². The molecular weight excluding hydrogens is 252 g/mol. The zero-order valence-electron chi connectivity index (χ0n) is 8.17. The second kappa shape index (κ2) is 6.28. The van der Waals surface area contributed by atoms with Crippen LogP contribution in [-0.2, 0) is 9.59 Å². The van der Waals surface area contributed by atoms with E-state index in [0.29, 0.717) is 16.0 Å². The number of nitrogens with one attached hydrogen (secondary N) is 1. The van der Waals surface area contributed by atoms with Crippen molar-refractivity contribution < 1.29 is 14.7 Å². The highest BCUT2D eigenvalue weighted by Crippen LogP contribution is 2.24. The molecule has 1 amide bonds. The van der Waals surface area contributed by atoms with Crippen molar-refractivity contribution in [3.05, 3.63) is 0 Å². The van der Waals surface area contributed by atoms with E-state index in [4.69, 9.17) is 10.8 Å². The van der Waals surface area contributed by atoms with Crippen LogP contribution in [0.15, 0.2) is 4.34 Å². The molecule has 0 saturated carbocycles. The number of anilines is 1. The lowest BCUT2D eigenvalue weighted by Crippen LogP contribution is -2.15. The number of nitrogens with two attached hydrogens (primary N) is 1. The Morgan fingerprint density at radius 1 is 1.50 bits per heavy atom. The van der Waals surface area contributed by atoms with E-state index < -0.39 is 11.9 Å². The molecule has 0 bridgehead atoms. The van der Waals surface area contributed by atoms with Crippen LogP contribution in [0.25, 0.3) is 0 Å². The van der Waals surface area contributed by atoms with Gasteiger partial charge < -0.3 is 16.2 Å². The van der Waals surface area contributed by atoms with Crippen molar-refractivity contribution in [2.45, 2.75) is 10.8 Å². The third-order valence-corrected chi connectivity index (χ3v) is 3.37. The van der Waals surface area contributed by atoms with Gasteiger partial charge in [-0.2, -0.15) is 0 Å². The van der Waals surface area contributed by atoms with Crippen molar-refractivity contribution in [1.82, 2.24) is 10.2 Å². The Morgan fingerprint density at radius 3 is 2.88 bits per heavy atom. The summed E-state index contributed by atoms with van der Waals surface area (Å²) in [6.45, 7) is 0.396. The summed E-state index contributed by atoms with van der Waals surface area (Å²) in [6.07, 6.45) is 0.219. The summed E-state index contributed by atoms with van der Waals surface area (Å²) in [5.74, 6) is -1.34. The van der Waals surface area contributed by atoms with Gasteiger partial charge in [-0.25, -0.2) is 0 Å². The van der Waals surface area contributed by atoms with E-state index >= 15 is 0 Å². The van der Waals surface area contributed by atoms with E-state index in [0.717, 1.165) is 11.8 Å². The first-order valence-electron chi connectivity index (χ1n) is 4.28. The minimum absolute atomic E-state index is 0.0457. The Balaban J connectivity index is 2.33. The van der Waals surface area contributed by atoms with Gasteiger partial charge in [0.05, 0.1) is 5.75 Å². The van der Waals surface area contributed by atoms with E-state index in [2.05, 4.69) is 15.5 Å². The number of hydrogen-bond donors (Lipinski definition) is 3. The number of thioether (sulfide) groups is 1. The van der Waals surface area contributed by atoms with Crippen LogP contribution < -0.4 is 11.1 Å². The number of nitrogens with zero attached hydrogens (tertiary/aromatic N) is 2. The molecule has 1 heterocycles. The van der Waals surface area contributed by atoms with E-state index in [1.165, 1.54) is 11.3 Å². The summed E-state index contributed by atoms with van der Waals surface area (Å²) < 4.78 is 0.573. The number of rotatable bonds is 7. The van der Waals surface area contributed by atoms with Gasteiger partial charge in [0, 0.05) is 13.0 Å². The zero-order chi connectivity index (χ0) is 12.0. The lowest BCUT2D eigenvalue weighted by molar-refractivity contribution is -0.133. The van der Waals surface area contributed by atoms with E-state index in [1.54, 1.807) is 0 Å². The molecular formula is C7H10N4O3S2. The van der Waals surface area contributed by atoms with Gasteiger partial charge in [0.2, 0.25) is 11.0 Å². The number of primary amides is 1. The molecule has 7 nitrogen and oxygen atoms in total. The predicted molar refractivity (Wildman–Crippen MR) is 60.6 cm³/mol. The van der Waals surface area contributed by atoms with Gasteiger partial charge >= 0.3 is 5.97 Å². The highest BCUT2D eigenvalue weighted by molar-refractivity contribution is 8.01. The largest absolute Gasteiger partial charge is 0.481 e. The van der Waals surface area contributed by atoms with Crippen LogP contribution in [0.1, 0.15) is 6.42 Å². The molecule has 0 saturated heterocycles. The van der Waals surface area contributed by atoms with Gasteiger partial charge in [-0.3, -0.25) is 9.59 Å². The maximum atomic E-state index is 10.5. The monoisotopic (exact) mass is 262 g/mol. The second-order valence-electron chi connectivity index (χ2n) is 2.70. The fourth-order valence-electron chi connectivity index (χ4n) is 0.756. The molecule has 0 aromatic carbocycles. The number of amides is 1.